The van der Waals surface area contributed by atoms with E-state index in [0.717, 1.165) is 21.1 Å². The molecule has 0 N–H and O–H groups in total. The lowest BCUT2D eigenvalue weighted by molar-refractivity contribution is 0.526. The van der Waals surface area contributed by atoms with Crippen molar-refractivity contribution in [1.29, 1.82) is 0 Å². The van der Waals surface area contributed by atoms with E-state index >= 15 is 0 Å². The SMILES string of the molecule is Cc1cc(Br)c(C)c2c1oc(=O)n2C. The second kappa shape index (κ2) is 2.98. The van der Waals surface area contributed by atoms with Gasteiger partial charge in [0, 0.05) is 11.5 Å². The number of nitrogens with zero attached hydrogens (tertiary/aromatic N) is 1. The van der Waals surface area contributed by atoms with Gasteiger partial charge in [0.2, 0.25) is 0 Å². The van der Waals surface area contributed by atoms with Crippen LogP contribution in [0, 0.1) is 13.8 Å². The van der Waals surface area contributed by atoms with Crippen molar-refractivity contribution in [3.8, 4) is 0 Å². The number of rotatable bonds is 0. The van der Waals surface area contributed by atoms with E-state index < -0.39 is 0 Å². The van der Waals surface area contributed by atoms with Gasteiger partial charge in [-0.15, -0.1) is 0 Å². The highest BCUT2D eigenvalue weighted by atomic mass is 79.9. The number of fused-ring (bicyclic) bond motifs is 1. The molecule has 1 aromatic heterocycles. The van der Waals surface area contributed by atoms with Gasteiger partial charge in [0.05, 0.1) is 5.52 Å². The first-order valence-corrected chi connectivity index (χ1v) is 5.07. The first-order chi connectivity index (χ1) is 6.52. The molecule has 0 radical (unpaired) electrons. The Morgan fingerprint density at radius 1 is 1.43 bits per heavy atom. The molecule has 0 bridgehead atoms. The summed E-state index contributed by atoms with van der Waals surface area (Å²) in [7, 11) is 1.72. The molecule has 0 spiro atoms. The van der Waals surface area contributed by atoms with Crippen LogP contribution in [-0.2, 0) is 7.05 Å². The summed E-state index contributed by atoms with van der Waals surface area (Å²) in [4.78, 5) is 11.3. The third kappa shape index (κ3) is 1.14. The van der Waals surface area contributed by atoms with Crippen LogP contribution in [0.2, 0.25) is 0 Å². The summed E-state index contributed by atoms with van der Waals surface area (Å²) in [6.45, 7) is 3.89. The Balaban J connectivity index is 3.11. The zero-order valence-corrected chi connectivity index (χ0v) is 9.81. The van der Waals surface area contributed by atoms with Gasteiger partial charge in [-0.2, -0.15) is 0 Å². The number of aryl methyl sites for hydroxylation is 3. The second-order valence-corrected chi connectivity index (χ2v) is 4.26. The van der Waals surface area contributed by atoms with E-state index in [1.165, 1.54) is 4.57 Å². The molecule has 0 unspecified atom stereocenters. The molecular formula is C10H10BrNO2. The third-order valence-electron chi connectivity index (χ3n) is 2.43. The first kappa shape index (κ1) is 9.52. The normalized spacial score (nSPS) is 11.1. The molecule has 14 heavy (non-hydrogen) atoms. The van der Waals surface area contributed by atoms with Gasteiger partial charge in [0.15, 0.2) is 5.58 Å². The van der Waals surface area contributed by atoms with Gasteiger partial charge in [-0.3, -0.25) is 4.57 Å². The smallest absolute Gasteiger partial charge is 0.407 e. The maximum absolute atomic E-state index is 11.3. The Morgan fingerprint density at radius 2 is 2.07 bits per heavy atom. The van der Waals surface area contributed by atoms with E-state index in [1.54, 1.807) is 7.05 Å². The van der Waals surface area contributed by atoms with Crippen LogP contribution in [0.1, 0.15) is 11.1 Å². The zero-order valence-electron chi connectivity index (χ0n) is 8.22. The number of hydrogen-bond donors (Lipinski definition) is 0. The van der Waals surface area contributed by atoms with Gasteiger partial charge in [-0.05, 0) is 31.0 Å². The third-order valence-corrected chi connectivity index (χ3v) is 3.25. The minimum atomic E-state index is -0.315. The lowest BCUT2D eigenvalue weighted by Gasteiger charge is -2.02. The van der Waals surface area contributed by atoms with Crippen LogP contribution < -0.4 is 5.76 Å². The summed E-state index contributed by atoms with van der Waals surface area (Å²) in [5.74, 6) is -0.315. The molecule has 74 valence electrons. The monoisotopic (exact) mass is 255 g/mol. The quantitative estimate of drug-likeness (QED) is 0.725. The first-order valence-electron chi connectivity index (χ1n) is 4.27. The predicted molar refractivity (Wildman–Crippen MR) is 58.6 cm³/mol. The van der Waals surface area contributed by atoms with Gasteiger partial charge in [-0.25, -0.2) is 4.79 Å². The van der Waals surface area contributed by atoms with Crippen LogP contribution in [0.25, 0.3) is 11.1 Å². The van der Waals surface area contributed by atoms with E-state index in [4.69, 9.17) is 4.42 Å². The Hall–Kier alpha value is -1.03. The highest BCUT2D eigenvalue weighted by Gasteiger charge is 2.13. The number of hydrogen-bond acceptors (Lipinski definition) is 2. The minimum Gasteiger partial charge on any atom is -0.407 e. The second-order valence-electron chi connectivity index (χ2n) is 3.41. The van der Waals surface area contributed by atoms with Gasteiger partial charge >= 0.3 is 5.76 Å². The molecule has 0 aliphatic rings. The summed E-state index contributed by atoms with van der Waals surface area (Å²) in [5, 5.41) is 0. The van der Waals surface area contributed by atoms with Crippen molar-refractivity contribution >= 4 is 27.0 Å². The molecule has 0 saturated heterocycles. The van der Waals surface area contributed by atoms with Crippen molar-refractivity contribution in [3.63, 3.8) is 0 Å². The standard InChI is InChI=1S/C10H10BrNO2/c1-5-4-7(11)6(2)8-9(5)14-10(13)12(8)3/h4H,1-3H3. The summed E-state index contributed by atoms with van der Waals surface area (Å²) in [5.41, 5.74) is 3.54. The average molecular weight is 256 g/mol. The van der Waals surface area contributed by atoms with Gasteiger partial charge in [-0.1, -0.05) is 15.9 Å². The summed E-state index contributed by atoms with van der Waals surface area (Å²) in [6.07, 6.45) is 0. The molecule has 3 nitrogen and oxygen atoms in total. The van der Waals surface area contributed by atoms with E-state index in [1.807, 2.05) is 19.9 Å². The summed E-state index contributed by atoms with van der Waals surface area (Å²) >= 11 is 3.45. The molecule has 1 heterocycles. The number of oxazole rings is 1. The average Bonchev–Trinajstić information content (AvgIpc) is 2.41. The van der Waals surface area contributed by atoms with Gasteiger partial charge < -0.3 is 4.42 Å². The van der Waals surface area contributed by atoms with Crippen molar-refractivity contribution in [2.45, 2.75) is 13.8 Å². The predicted octanol–water partition coefficient (Wildman–Crippen LogP) is 2.51. The highest BCUT2D eigenvalue weighted by molar-refractivity contribution is 9.10. The summed E-state index contributed by atoms with van der Waals surface area (Å²) in [6, 6.07) is 1.96. The molecule has 2 rings (SSSR count). The maximum Gasteiger partial charge on any atom is 0.419 e. The van der Waals surface area contributed by atoms with Crippen molar-refractivity contribution in [2.75, 3.05) is 0 Å². The van der Waals surface area contributed by atoms with E-state index in [0.29, 0.717) is 5.58 Å². The molecule has 4 heteroatoms. The number of benzene rings is 1. The molecule has 0 aliphatic carbocycles. The Morgan fingerprint density at radius 3 is 2.71 bits per heavy atom. The molecule has 1 aromatic carbocycles. The van der Waals surface area contributed by atoms with Crippen LogP contribution in [0.15, 0.2) is 19.8 Å². The molecular weight excluding hydrogens is 246 g/mol. The Bertz CT molecular complexity index is 565. The van der Waals surface area contributed by atoms with Crippen LogP contribution in [0.4, 0.5) is 0 Å². The van der Waals surface area contributed by atoms with Crippen molar-refractivity contribution in [2.24, 2.45) is 7.05 Å². The molecule has 0 atom stereocenters. The largest absolute Gasteiger partial charge is 0.419 e. The van der Waals surface area contributed by atoms with Crippen molar-refractivity contribution in [3.05, 3.63) is 32.2 Å². The zero-order chi connectivity index (χ0) is 10.5. The number of aromatic nitrogens is 1. The van der Waals surface area contributed by atoms with E-state index in [2.05, 4.69) is 15.9 Å². The van der Waals surface area contributed by atoms with Crippen LogP contribution in [0.5, 0.6) is 0 Å². The number of halogens is 1. The fraction of sp³-hybridized carbons (Fsp3) is 0.300. The van der Waals surface area contributed by atoms with E-state index in [-0.39, 0.29) is 5.76 Å². The Kier molecular flexibility index (Phi) is 2.03. The Labute approximate surface area is 89.5 Å². The molecule has 0 aliphatic heterocycles. The molecule has 2 aromatic rings. The lowest BCUT2D eigenvalue weighted by atomic mass is 10.1. The van der Waals surface area contributed by atoms with E-state index in [9.17, 15) is 4.79 Å². The topological polar surface area (TPSA) is 35.1 Å². The fourth-order valence-corrected chi connectivity index (χ4v) is 2.14. The van der Waals surface area contributed by atoms with Crippen molar-refractivity contribution < 1.29 is 4.42 Å². The summed E-state index contributed by atoms with van der Waals surface area (Å²) < 4.78 is 7.68. The van der Waals surface area contributed by atoms with Gasteiger partial charge in [0.1, 0.15) is 0 Å². The van der Waals surface area contributed by atoms with Crippen LogP contribution in [0.3, 0.4) is 0 Å². The molecule has 0 fully saturated rings. The fourth-order valence-electron chi connectivity index (χ4n) is 1.61. The van der Waals surface area contributed by atoms with Crippen molar-refractivity contribution in [1.82, 2.24) is 4.57 Å². The lowest BCUT2D eigenvalue weighted by Crippen LogP contribution is -2.08. The van der Waals surface area contributed by atoms with Crippen LogP contribution in [-0.4, -0.2) is 4.57 Å². The minimum absolute atomic E-state index is 0.315. The maximum atomic E-state index is 11.3. The van der Waals surface area contributed by atoms with Crippen LogP contribution >= 0.6 is 15.9 Å². The highest BCUT2D eigenvalue weighted by Crippen LogP contribution is 2.27. The molecule has 0 saturated carbocycles. The molecule has 0 amide bonds. The van der Waals surface area contributed by atoms with Gasteiger partial charge in [0.25, 0.3) is 0 Å².